The summed E-state index contributed by atoms with van der Waals surface area (Å²) in [5, 5.41) is 0. The van der Waals surface area contributed by atoms with Crippen molar-refractivity contribution >= 4 is 18.3 Å². The van der Waals surface area contributed by atoms with Crippen LogP contribution in [0, 0.1) is 12.7 Å². The Morgan fingerprint density at radius 3 is 2.85 bits per heavy atom. The van der Waals surface area contributed by atoms with E-state index < -0.39 is 0 Å². The molecule has 0 aliphatic carbocycles. The fraction of sp³-hybridized carbons (Fsp3) is 0.533. The van der Waals surface area contributed by atoms with Gasteiger partial charge in [-0.15, -0.1) is 12.4 Å². The van der Waals surface area contributed by atoms with Crippen LogP contribution in [-0.4, -0.2) is 29.9 Å². The molecule has 0 saturated carbocycles. The molecule has 1 aliphatic rings. The Morgan fingerprint density at radius 2 is 2.20 bits per heavy atom. The van der Waals surface area contributed by atoms with E-state index in [1.165, 1.54) is 12.1 Å². The van der Waals surface area contributed by atoms with Gasteiger partial charge in [-0.25, -0.2) is 4.39 Å². The third-order valence-electron chi connectivity index (χ3n) is 3.81. The van der Waals surface area contributed by atoms with Crippen LogP contribution in [0.1, 0.15) is 41.6 Å². The van der Waals surface area contributed by atoms with Gasteiger partial charge in [-0.2, -0.15) is 0 Å². The molecule has 1 unspecified atom stereocenters. The van der Waals surface area contributed by atoms with Crippen LogP contribution in [0.5, 0.6) is 0 Å². The molecule has 1 aromatic rings. The standard InChI is InChI=1S/C15H21FN2O.ClH/c1-11-10-12(16)5-6-14(11)15(19)18-9-3-2-4-13(18)7-8-17;/h5-6,10,13H,2-4,7-9,17H2,1H3;1H. The maximum absolute atomic E-state index is 13.1. The number of hydrogen-bond donors (Lipinski definition) is 1. The Hall–Kier alpha value is -1.13. The molecule has 1 atom stereocenters. The minimum Gasteiger partial charge on any atom is -0.336 e. The van der Waals surface area contributed by atoms with Crippen LogP contribution < -0.4 is 5.73 Å². The number of amides is 1. The number of carbonyl (C=O) groups is 1. The predicted octanol–water partition coefficient (Wildman–Crippen LogP) is 2.90. The Morgan fingerprint density at radius 1 is 1.45 bits per heavy atom. The number of benzene rings is 1. The molecule has 1 fully saturated rings. The van der Waals surface area contributed by atoms with E-state index in [2.05, 4.69) is 0 Å². The average molecular weight is 301 g/mol. The van der Waals surface area contributed by atoms with Crippen LogP contribution in [0.15, 0.2) is 18.2 Å². The summed E-state index contributed by atoms with van der Waals surface area (Å²) in [5.74, 6) is -0.290. The molecule has 112 valence electrons. The number of halogens is 2. The van der Waals surface area contributed by atoms with Crippen LogP contribution in [0.25, 0.3) is 0 Å². The Kier molecular flexibility index (Phi) is 6.43. The van der Waals surface area contributed by atoms with Gasteiger partial charge in [0.05, 0.1) is 0 Å². The third kappa shape index (κ3) is 3.70. The van der Waals surface area contributed by atoms with E-state index in [0.717, 1.165) is 32.2 Å². The first-order valence-electron chi connectivity index (χ1n) is 6.90. The van der Waals surface area contributed by atoms with Crippen molar-refractivity contribution in [3.05, 3.63) is 35.1 Å². The number of carbonyl (C=O) groups excluding carboxylic acids is 1. The van der Waals surface area contributed by atoms with Crippen molar-refractivity contribution < 1.29 is 9.18 Å². The second kappa shape index (κ2) is 7.60. The maximum Gasteiger partial charge on any atom is 0.254 e. The van der Waals surface area contributed by atoms with E-state index in [1.54, 1.807) is 13.0 Å². The quantitative estimate of drug-likeness (QED) is 0.933. The molecule has 1 amide bonds. The second-order valence-electron chi connectivity index (χ2n) is 5.18. The van der Waals surface area contributed by atoms with Crippen LogP contribution in [0.2, 0.25) is 0 Å². The van der Waals surface area contributed by atoms with Gasteiger partial charge in [-0.3, -0.25) is 4.79 Å². The van der Waals surface area contributed by atoms with Crippen molar-refractivity contribution in [1.82, 2.24) is 4.90 Å². The highest BCUT2D eigenvalue weighted by molar-refractivity contribution is 5.95. The number of nitrogens with zero attached hydrogens (tertiary/aromatic N) is 1. The molecule has 1 saturated heterocycles. The van der Waals surface area contributed by atoms with E-state index in [1.807, 2.05) is 4.90 Å². The molecule has 0 bridgehead atoms. The minimum absolute atomic E-state index is 0. The number of nitrogens with two attached hydrogens (primary N) is 1. The van der Waals surface area contributed by atoms with Crippen molar-refractivity contribution in [2.75, 3.05) is 13.1 Å². The van der Waals surface area contributed by atoms with Crippen molar-refractivity contribution in [2.45, 2.75) is 38.6 Å². The zero-order valence-corrected chi connectivity index (χ0v) is 12.6. The van der Waals surface area contributed by atoms with Gasteiger partial charge in [-0.1, -0.05) is 0 Å². The number of aryl methyl sites for hydroxylation is 1. The highest BCUT2D eigenvalue weighted by Crippen LogP contribution is 2.23. The molecule has 3 nitrogen and oxygen atoms in total. The van der Waals surface area contributed by atoms with Crippen LogP contribution in [0.3, 0.4) is 0 Å². The lowest BCUT2D eigenvalue weighted by Gasteiger charge is -2.36. The lowest BCUT2D eigenvalue weighted by Crippen LogP contribution is -2.44. The summed E-state index contributed by atoms with van der Waals surface area (Å²) in [7, 11) is 0. The lowest BCUT2D eigenvalue weighted by molar-refractivity contribution is 0.0604. The van der Waals surface area contributed by atoms with Crippen LogP contribution in [0.4, 0.5) is 4.39 Å². The summed E-state index contributed by atoms with van der Waals surface area (Å²) in [5.41, 5.74) is 6.92. The predicted molar refractivity (Wildman–Crippen MR) is 80.7 cm³/mol. The van der Waals surface area contributed by atoms with Gasteiger partial charge in [0.2, 0.25) is 0 Å². The van der Waals surface area contributed by atoms with E-state index in [4.69, 9.17) is 5.73 Å². The van der Waals surface area contributed by atoms with Gasteiger partial charge in [0.15, 0.2) is 0 Å². The van der Waals surface area contributed by atoms with E-state index in [-0.39, 0.29) is 30.2 Å². The van der Waals surface area contributed by atoms with Gasteiger partial charge >= 0.3 is 0 Å². The van der Waals surface area contributed by atoms with Crippen molar-refractivity contribution in [3.8, 4) is 0 Å². The zero-order chi connectivity index (χ0) is 13.8. The fourth-order valence-electron chi connectivity index (χ4n) is 2.78. The van der Waals surface area contributed by atoms with Crippen molar-refractivity contribution in [1.29, 1.82) is 0 Å². The molecule has 0 radical (unpaired) electrons. The van der Waals surface area contributed by atoms with Crippen LogP contribution >= 0.6 is 12.4 Å². The molecule has 0 spiro atoms. The van der Waals surface area contributed by atoms with Gasteiger partial charge in [0.1, 0.15) is 5.82 Å². The first-order valence-corrected chi connectivity index (χ1v) is 6.90. The number of likely N-dealkylation sites (tertiary alicyclic amines) is 1. The largest absolute Gasteiger partial charge is 0.336 e. The number of piperidine rings is 1. The lowest BCUT2D eigenvalue weighted by atomic mass is 9.97. The molecule has 1 heterocycles. The maximum atomic E-state index is 13.1. The zero-order valence-electron chi connectivity index (χ0n) is 11.8. The SMILES string of the molecule is Cc1cc(F)ccc1C(=O)N1CCCCC1CCN.Cl. The van der Waals surface area contributed by atoms with E-state index >= 15 is 0 Å². The van der Waals surface area contributed by atoms with Crippen molar-refractivity contribution in [3.63, 3.8) is 0 Å². The molecule has 2 N–H and O–H groups in total. The highest BCUT2D eigenvalue weighted by Gasteiger charge is 2.27. The molecule has 20 heavy (non-hydrogen) atoms. The highest BCUT2D eigenvalue weighted by atomic mass is 35.5. The molecule has 2 rings (SSSR count). The minimum atomic E-state index is -0.300. The summed E-state index contributed by atoms with van der Waals surface area (Å²) < 4.78 is 13.1. The van der Waals surface area contributed by atoms with Crippen LogP contribution in [-0.2, 0) is 0 Å². The average Bonchev–Trinajstić information content (AvgIpc) is 2.39. The van der Waals surface area contributed by atoms with Gasteiger partial charge < -0.3 is 10.6 Å². The first-order chi connectivity index (χ1) is 9.13. The Balaban J connectivity index is 0.00000200. The third-order valence-corrected chi connectivity index (χ3v) is 3.81. The Labute approximate surface area is 125 Å². The monoisotopic (exact) mass is 300 g/mol. The topological polar surface area (TPSA) is 46.3 Å². The molecular formula is C15H22ClFN2O. The summed E-state index contributed by atoms with van der Waals surface area (Å²) in [6.45, 7) is 3.15. The number of rotatable bonds is 3. The molecule has 5 heteroatoms. The van der Waals surface area contributed by atoms with Gasteiger partial charge in [0, 0.05) is 18.2 Å². The number of hydrogen-bond acceptors (Lipinski definition) is 2. The summed E-state index contributed by atoms with van der Waals surface area (Å²) in [4.78, 5) is 14.5. The summed E-state index contributed by atoms with van der Waals surface area (Å²) in [6.07, 6.45) is 4.04. The smallest absolute Gasteiger partial charge is 0.254 e. The second-order valence-corrected chi connectivity index (χ2v) is 5.18. The van der Waals surface area contributed by atoms with Crippen molar-refractivity contribution in [2.24, 2.45) is 5.73 Å². The van der Waals surface area contributed by atoms with Gasteiger partial charge in [-0.05, 0) is 62.9 Å². The normalized spacial score (nSPS) is 18.6. The molecular weight excluding hydrogens is 279 g/mol. The molecule has 0 aromatic heterocycles. The summed E-state index contributed by atoms with van der Waals surface area (Å²) in [6, 6.07) is 4.58. The van der Waals surface area contributed by atoms with E-state index in [9.17, 15) is 9.18 Å². The van der Waals surface area contributed by atoms with Gasteiger partial charge in [0.25, 0.3) is 5.91 Å². The Bertz CT molecular complexity index is 465. The molecule has 1 aromatic carbocycles. The fourth-order valence-corrected chi connectivity index (χ4v) is 2.78. The summed E-state index contributed by atoms with van der Waals surface area (Å²) >= 11 is 0. The van der Waals surface area contributed by atoms with E-state index in [0.29, 0.717) is 17.7 Å². The molecule has 1 aliphatic heterocycles. The first kappa shape index (κ1) is 16.9.